The molecule has 280 valence electrons. The van der Waals surface area contributed by atoms with Gasteiger partial charge in [-0.15, -0.1) is 0 Å². The van der Waals surface area contributed by atoms with Crippen LogP contribution in [0.2, 0.25) is 0 Å². The molecule has 0 saturated carbocycles. The lowest BCUT2D eigenvalue weighted by Crippen LogP contribution is -2.41. The molecule has 5 rings (SSSR count). The van der Waals surface area contributed by atoms with Gasteiger partial charge in [-0.05, 0) is 135 Å². The van der Waals surface area contributed by atoms with Gasteiger partial charge in [-0.3, -0.25) is 4.98 Å². The van der Waals surface area contributed by atoms with Gasteiger partial charge in [0.15, 0.2) is 0 Å². The van der Waals surface area contributed by atoms with Crippen LogP contribution in [-0.2, 0) is 28.3 Å². The van der Waals surface area contributed by atoms with Crippen LogP contribution >= 0.6 is 15.9 Å². The molecule has 0 bridgehead atoms. The molecule has 4 aromatic rings. The van der Waals surface area contributed by atoms with Crippen molar-refractivity contribution < 1.29 is 47.4 Å². The lowest BCUT2D eigenvalue weighted by atomic mass is 9.84. The zero-order valence-corrected chi connectivity index (χ0v) is 33.3. The van der Waals surface area contributed by atoms with Crippen molar-refractivity contribution in [2.75, 3.05) is 13.2 Å². The van der Waals surface area contributed by atoms with Crippen molar-refractivity contribution in [3.8, 4) is 0 Å². The molecular formula is C36H46BBrN4O10. The molecule has 1 aliphatic rings. The highest BCUT2D eigenvalue weighted by Gasteiger charge is 2.52. The summed E-state index contributed by atoms with van der Waals surface area (Å²) in [5.41, 5.74) is 0.152. The minimum Gasteiger partial charge on any atom is -0.461 e. The molecule has 1 fully saturated rings. The third-order valence-corrected chi connectivity index (χ3v) is 8.36. The molecule has 16 heteroatoms. The van der Waals surface area contributed by atoms with Crippen molar-refractivity contribution in [1.29, 1.82) is 0 Å². The molecule has 52 heavy (non-hydrogen) atoms. The maximum atomic E-state index is 12.8. The Balaban J connectivity index is 0.000000244. The molecule has 4 aromatic heterocycles. The number of pyridine rings is 2. The quantitative estimate of drug-likeness (QED) is 0.0880. The number of halogens is 1. The summed E-state index contributed by atoms with van der Waals surface area (Å²) in [4.78, 5) is 58.7. The number of nitrogens with zero attached hydrogens (tertiary/aromatic N) is 4. The van der Waals surface area contributed by atoms with E-state index >= 15 is 0 Å². The summed E-state index contributed by atoms with van der Waals surface area (Å²) in [5.74, 6) is -1.22. The molecule has 14 nitrogen and oxygen atoms in total. The smallest absolute Gasteiger partial charge is 0.461 e. The summed E-state index contributed by atoms with van der Waals surface area (Å²) in [6.07, 6.45) is -1.32. The second-order valence-corrected chi connectivity index (χ2v) is 15.7. The fourth-order valence-corrected chi connectivity index (χ4v) is 5.30. The first-order valence-electron chi connectivity index (χ1n) is 16.9. The Morgan fingerprint density at radius 1 is 0.712 bits per heavy atom. The molecule has 1 saturated heterocycles. The minimum absolute atomic E-state index is 0.0552. The highest BCUT2D eigenvalue weighted by Crippen LogP contribution is 2.36. The number of aromatic nitrogens is 4. The highest BCUT2D eigenvalue weighted by molar-refractivity contribution is 9.10. The monoisotopic (exact) mass is 784 g/mol. The summed E-state index contributed by atoms with van der Waals surface area (Å²) in [5, 5.41) is 0. The van der Waals surface area contributed by atoms with Gasteiger partial charge in [-0.25, -0.2) is 33.3 Å². The first-order chi connectivity index (χ1) is 24.0. The van der Waals surface area contributed by atoms with Gasteiger partial charge in [-0.1, -0.05) is 0 Å². The molecule has 5 heterocycles. The molecule has 0 unspecified atom stereocenters. The van der Waals surface area contributed by atoms with Gasteiger partial charge < -0.3 is 28.3 Å². The predicted molar refractivity (Wildman–Crippen MR) is 198 cm³/mol. The topological polar surface area (TPSA) is 159 Å². The number of carbonyl (C=O) groups is 4. The van der Waals surface area contributed by atoms with Crippen LogP contribution in [0.5, 0.6) is 0 Å². The molecule has 1 aliphatic heterocycles. The number of carbonyl (C=O) groups excluding carboxylic acids is 4. The van der Waals surface area contributed by atoms with Crippen LogP contribution in [0, 0.1) is 0 Å². The van der Waals surface area contributed by atoms with Crippen molar-refractivity contribution in [3.63, 3.8) is 0 Å². The Morgan fingerprint density at radius 2 is 1.12 bits per heavy atom. The third kappa shape index (κ3) is 9.02. The second-order valence-electron chi connectivity index (χ2n) is 14.9. The van der Waals surface area contributed by atoms with E-state index < -0.39 is 53.6 Å². The zero-order valence-electron chi connectivity index (χ0n) is 31.7. The highest BCUT2D eigenvalue weighted by atomic mass is 79.9. The molecule has 0 spiro atoms. The van der Waals surface area contributed by atoms with Crippen molar-refractivity contribution in [2.45, 2.75) is 105 Å². The standard InChI is InChI=1S/C21H29BN2O6.C15H17BrN2O4/c1-9-27-17(25)15-12-13-14(24(15)18(26)28-19(2,3)4)10-11-16(23-13)22-29-20(5,6)21(7,8)30-22;1-5-21-13(19)11-8-9-10(6-7-12(16)17-9)18(11)14(20)22-15(2,3)4/h10-12H,9H2,1-8H3;6-8H,5H2,1-4H3. The summed E-state index contributed by atoms with van der Waals surface area (Å²) in [6, 6.07) is 9.85. The molecular weight excluding hydrogens is 739 g/mol. The van der Waals surface area contributed by atoms with Crippen LogP contribution in [0.3, 0.4) is 0 Å². The molecule has 0 N–H and O–H groups in total. The Hall–Kier alpha value is -4.28. The largest absolute Gasteiger partial charge is 0.514 e. The van der Waals surface area contributed by atoms with E-state index in [9.17, 15) is 19.2 Å². The van der Waals surface area contributed by atoms with Crippen LogP contribution < -0.4 is 5.59 Å². The van der Waals surface area contributed by atoms with Crippen LogP contribution in [0.25, 0.3) is 22.1 Å². The SMILES string of the molecule is CCOC(=O)c1cc2nc(B3OC(C)(C)C(C)(C)O3)ccc2n1C(=O)OC(C)(C)C.CCOC(=O)c1cc2nc(Br)ccc2n1C(=O)OC(C)(C)C. The number of hydrogen-bond acceptors (Lipinski definition) is 12. The van der Waals surface area contributed by atoms with Crippen molar-refractivity contribution in [3.05, 3.63) is 52.4 Å². The van der Waals surface area contributed by atoms with Gasteiger partial charge in [0.05, 0.1) is 52.1 Å². The van der Waals surface area contributed by atoms with Crippen LogP contribution in [0.4, 0.5) is 9.59 Å². The van der Waals surface area contributed by atoms with Crippen LogP contribution in [0.1, 0.15) is 104 Å². The van der Waals surface area contributed by atoms with E-state index in [1.807, 2.05) is 27.7 Å². The first kappa shape index (κ1) is 40.5. The van der Waals surface area contributed by atoms with Gasteiger partial charge in [0.25, 0.3) is 0 Å². The normalized spacial score (nSPS) is 15.2. The lowest BCUT2D eigenvalue weighted by Gasteiger charge is -2.32. The van der Waals surface area contributed by atoms with Crippen molar-refractivity contribution >= 4 is 74.8 Å². The molecule has 0 aromatic carbocycles. The fourth-order valence-electron chi connectivity index (χ4n) is 4.98. The Bertz CT molecular complexity index is 1990. The second kappa shape index (κ2) is 15.0. The predicted octanol–water partition coefficient (Wildman–Crippen LogP) is 7.05. The molecule has 0 radical (unpaired) electrons. The van der Waals surface area contributed by atoms with E-state index in [4.69, 9.17) is 28.3 Å². The van der Waals surface area contributed by atoms with Gasteiger partial charge in [0.1, 0.15) is 27.2 Å². The van der Waals surface area contributed by atoms with Crippen molar-refractivity contribution in [1.82, 2.24) is 19.1 Å². The van der Waals surface area contributed by atoms with Crippen molar-refractivity contribution in [2.24, 2.45) is 0 Å². The van der Waals surface area contributed by atoms with E-state index in [-0.39, 0.29) is 24.6 Å². The Kier molecular flexibility index (Phi) is 11.7. The lowest BCUT2D eigenvalue weighted by molar-refractivity contribution is 0.00578. The van der Waals surface area contributed by atoms with Crippen LogP contribution in [-0.4, -0.2) is 86.0 Å². The van der Waals surface area contributed by atoms with Gasteiger partial charge in [0.2, 0.25) is 0 Å². The number of ether oxygens (including phenoxy) is 4. The molecule has 0 aliphatic carbocycles. The average molecular weight is 785 g/mol. The van der Waals surface area contributed by atoms with E-state index in [0.717, 1.165) is 0 Å². The molecule has 0 amide bonds. The number of fused-ring (bicyclic) bond motifs is 2. The number of hydrogen-bond donors (Lipinski definition) is 0. The maximum absolute atomic E-state index is 12.8. The van der Waals surface area contributed by atoms with Gasteiger partial charge in [0, 0.05) is 0 Å². The van der Waals surface area contributed by atoms with E-state index in [1.54, 1.807) is 79.7 Å². The average Bonchev–Trinajstić information content (AvgIpc) is 3.64. The minimum atomic E-state index is -0.727. The molecule has 0 atom stereocenters. The van der Waals surface area contributed by atoms with Gasteiger partial charge in [-0.2, -0.15) is 0 Å². The van der Waals surface area contributed by atoms with E-state index in [2.05, 4.69) is 25.9 Å². The third-order valence-electron chi connectivity index (χ3n) is 7.92. The summed E-state index contributed by atoms with van der Waals surface area (Å²) >= 11 is 3.27. The maximum Gasteiger partial charge on any atom is 0.514 e. The van der Waals surface area contributed by atoms with Gasteiger partial charge >= 0.3 is 31.2 Å². The van der Waals surface area contributed by atoms with E-state index in [1.165, 1.54) is 21.3 Å². The Morgan fingerprint density at radius 3 is 1.52 bits per heavy atom. The Labute approximate surface area is 311 Å². The summed E-state index contributed by atoms with van der Waals surface area (Å²) < 4.78 is 36.1. The fraction of sp³-hybridized carbons (Fsp3) is 0.500. The summed E-state index contributed by atoms with van der Waals surface area (Å²) in [6.45, 7) is 22.2. The number of rotatable bonds is 5. The number of esters is 2. The van der Waals surface area contributed by atoms with Crippen LogP contribution in [0.15, 0.2) is 41.0 Å². The van der Waals surface area contributed by atoms with E-state index in [0.29, 0.717) is 32.3 Å². The first-order valence-corrected chi connectivity index (χ1v) is 17.6. The summed E-state index contributed by atoms with van der Waals surface area (Å²) in [7, 11) is -0.657. The zero-order chi connectivity index (χ0) is 39.0.